The first kappa shape index (κ1) is 11.8. The average molecular weight is 254 g/mol. The van der Waals surface area contributed by atoms with Crippen LogP contribution in [0, 0.1) is 0 Å². The van der Waals surface area contributed by atoms with Crippen molar-refractivity contribution in [2.75, 3.05) is 41.7 Å². The van der Waals surface area contributed by atoms with Crippen molar-refractivity contribution >= 4 is 17.2 Å². The number of hydrogen-bond donors (Lipinski definition) is 1. The summed E-state index contributed by atoms with van der Waals surface area (Å²) in [6.07, 6.45) is 1.85. The lowest BCUT2D eigenvalue weighted by molar-refractivity contribution is 0.647. The molecule has 4 heteroatoms. The Morgan fingerprint density at radius 2 is 1.68 bits per heavy atom. The summed E-state index contributed by atoms with van der Waals surface area (Å²) in [6.45, 7) is 3.98. The maximum atomic E-state index is 5.84. The van der Waals surface area contributed by atoms with Crippen LogP contribution in [0.5, 0.6) is 0 Å². The Labute approximate surface area is 113 Å². The van der Waals surface area contributed by atoms with Crippen LogP contribution in [-0.2, 0) is 0 Å². The molecule has 0 saturated carbocycles. The molecule has 3 rings (SSSR count). The first-order valence-electron chi connectivity index (χ1n) is 6.59. The van der Waals surface area contributed by atoms with Crippen molar-refractivity contribution in [3.63, 3.8) is 0 Å². The number of nitrogens with zero attached hydrogens (tertiary/aromatic N) is 3. The average Bonchev–Trinajstić information content (AvgIpc) is 2.48. The van der Waals surface area contributed by atoms with Gasteiger partial charge in [0.1, 0.15) is 5.82 Å². The Balaban J connectivity index is 1.67. The molecule has 1 saturated heterocycles. The molecule has 1 aliphatic rings. The Hall–Kier alpha value is -2.23. The number of benzene rings is 1. The molecular weight excluding hydrogens is 236 g/mol. The number of nitrogen functional groups attached to an aromatic ring is 1. The van der Waals surface area contributed by atoms with E-state index in [1.807, 2.05) is 36.5 Å². The Morgan fingerprint density at radius 1 is 0.895 bits per heavy atom. The van der Waals surface area contributed by atoms with Gasteiger partial charge in [0.15, 0.2) is 0 Å². The van der Waals surface area contributed by atoms with Crippen LogP contribution < -0.4 is 15.5 Å². The lowest BCUT2D eigenvalue weighted by Gasteiger charge is -2.36. The number of anilines is 3. The summed E-state index contributed by atoms with van der Waals surface area (Å²) in [6, 6.07) is 14.1. The zero-order valence-electron chi connectivity index (χ0n) is 10.9. The number of pyridine rings is 1. The topological polar surface area (TPSA) is 45.4 Å². The quantitative estimate of drug-likeness (QED) is 0.833. The van der Waals surface area contributed by atoms with Crippen LogP contribution in [0.15, 0.2) is 48.7 Å². The molecular formula is C15H18N4. The number of nitrogens with two attached hydrogens (primary N) is 1. The Kier molecular flexibility index (Phi) is 3.23. The predicted molar refractivity (Wildman–Crippen MR) is 79.5 cm³/mol. The molecule has 0 radical (unpaired) electrons. The summed E-state index contributed by atoms with van der Waals surface area (Å²) >= 11 is 0. The second kappa shape index (κ2) is 5.18. The van der Waals surface area contributed by atoms with Crippen molar-refractivity contribution in [1.82, 2.24) is 4.98 Å². The first-order valence-corrected chi connectivity index (χ1v) is 6.59. The molecule has 0 unspecified atom stereocenters. The van der Waals surface area contributed by atoms with Crippen LogP contribution in [0.2, 0.25) is 0 Å². The first-order chi connectivity index (χ1) is 9.33. The van der Waals surface area contributed by atoms with Gasteiger partial charge in [0.25, 0.3) is 0 Å². The van der Waals surface area contributed by atoms with Crippen LogP contribution in [0.4, 0.5) is 17.2 Å². The van der Waals surface area contributed by atoms with Crippen LogP contribution >= 0.6 is 0 Å². The van der Waals surface area contributed by atoms with E-state index in [2.05, 4.69) is 26.9 Å². The summed E-state index contributed by atoms with van der Waals surface area (Å²) in [5.74, 6) is 1.06. The van der Waals surface area contributed by atoms with Gasteiger partial charge in [-0.05, 0) is 30.3 Å². The van der Waals surface area contributed by atoms with E-state index in [9.17, 15) is 0 Å². The Morgan fingerprint density at radius 3 is 2.37 bits per heavy atom. The highest BCUT2D eigenvalue weighted by atomic mass is 15.3. The highest BCUT2D eigenvalue weighted by molar-refractivity contribution is 5.57. The lowest BCUT2D eigenvalue weighted by Crippen LogP contribution is -2.46. The second-order valence-corrected chi connectivity index (χ2v) is 4.76. The minimum Gasteiger partial charge on any atom is -0.399 e. The highest BCUT2D eigenvalue weighted by Gasteiger charge is 2.17. The fraction of sp³-hybridized carbons (Fsp3) is 0.267. The van der Waals surface area contributed by atoms with E-state index in [1.54, 1.807) is 0 Å². The normalized spacial score (nSPS) is 15.6. The monoisotopic (exact) mass is 254 g/mol. The van der Waals surface area contributed by atoms with Gasteiger partial charge in [0.2, 0.25) is 0 Å². The summed E-state index contributed by atoms with van der Waals surface area (Å²) in [5, 5.41) is 0. The van der Waals surface area contributed by atoms with E-state index in [0.29, 0.717) is 0 Å². The van der Waals surface area contributed by atoms with Crippen molar-refractivity contribution in [1.29, 1.82) is 0 Å². The van der Waals surface area contributed by atoms with Gasteiger partial charge >= 0.3 is 0 Å². The summed E-state index contributed by atoms with van der Waals surface area (Å²) in [4.78, 5) is 9.09. The van der Waals surface area contributed by atoms with Gasteiger partial charge in [-0.2, -0.15) is 0 Å². The third kappa shape index (κ3) is 2.62. The van der Waals surface area contributed by atoms with Crippen LogP contribution in [0.25, 0.3) is 0 Å². The maximum Gasteiger partial charge on any atom is 0.128 e. The number of hydrogen-bond acceptors (Lipinski definition) is 4. The maximum absolute atomic E-state index is 5.84. The van der Waals surface area contributed by atoms with Gasteiger partial charge in [-0.25, -0.2) is 4.98 Å². The molecule has 98 valence electrons. The molecule has 0 spiro atoms. The molecule has 0 amide bonds. The van der Waals surface area contributed by atoms with E-state index in [1.165, 1.54) is 5.69 Å². The van der Waals surface area contributed by atoms with E-state index >= 15 is 0 Å². The molecule has 0 atom stereocenters. The molecule has 1 aromatic carbocycles. The largest absolute Gasteiger partial charge is 0.399 e. The van der Waals surface area contributed by atoms with E-state index < -0.39 is 0 Å². The van der Waals surface area contributed by atoms with Crippen LogP contribution in [-0.4, -0.2) is 31.2 Å². The number of aromatic nitrogens is 1. The smallest absolute Gasteiger partial charge is 0.128 e. The zero-order valence-corrected chi connectivity index (χ0v) is 10.9. The molecule has 2 N–H and O–H groups in total. The van der Waals surface area contributed by atoms with Crippen molar-refractivity contribution in [3.8, 4) is 0 Å². The summed E-state index contributed by atoms with van der Waals surface area (Å²) < 4.78 is 0. The minimum absolute atomic E-state index is 0.824. The standard InChI is InChI=1S/C15H18N4/c16-13-4-3-5-14(12-13)18-8-10-19(11-9-18)15-6-1-2-7-17-15/h1-7,12H,8-11,16H2. The SMILES string of the molecule is Nc1cccc(N2CCN(c3ccccn3)CC2)c1. The van der Waals surface area contributed by atoms with Crippen molar-refractivity contribution < 1.29 is 0 Å². The molecule has 2 aromatic rings. The van der Waals surface area contributed by atoms with Gasteiger partial charge in [0, 0.05) is 43.8 Å². The third-order valence-corrected chi connectivity index (χ3v) is 3.49. The molecule has 1 fully saturated rings. The highest BCUT2D eigenvalue weighted by Crippen LogP contribution is 2.20. The van der Waals surface area contributed by atoms with E-state index in [4.69, 9.17) is 5.73 Å². The molecule has 0 aliphatic carbocycles. The molecule has 2 heterocycles. The van der Waals surface area contributed by atoms with Crippen LogP contribution in [0.1, 0.15) is 0 Å². The molecule has 0 bridgehead atoms. The minimum atomic E-state index is 0.824. The van der Waals surface area contributed by atoms with Crippen LogP contribution in [0.3, 0.4) is 0 Å². The predicted octanol–water partition coefficient (Wildman–Crippen LogP) is 1.99. The van der Waals surface area contributed by atoms with E-state index in [-0.39, 0.29) is 0 Å². The van der Waals surface area contributed by atoms with Crippen molar-refractivity contribution in [2.45, 2.75) is 0 Å². The number of piperazine rings is 1. The van der Waals surface area contributed by atoms with Gasteiger partial charge in [-0.15, -0.1) is 0 Å². The molecule has 1 aromatic heterocycles. The molecule has 1 aliphatic heterocycles. The summed E-state index contributed by atoms with van der Waals surface area (Å²) in [5.41, 5.74) is 7.87. The third-order valence-electron chi connectivity index (χ3n) is 3.49. The van der Waals surface area contributed by atoms with Crippen molar-refractivity contribution in [3.05, 3.63) is 48.7 Å². The fourth-order valence-corrected chi connectivity index (χ4v) is 2.46. The number of rotatable bonds is 2. The van der Waals surface area contributed by atoms with Gasteiger partial charge in [-0.3, -0.25) is 0 Å². The van der Waals surface area contributed by atoms with Gasteiger partial charge in [-0.1, -0.05) is 12.1 Å². The molecule has 4 nitrogen and oxygen atoms in total. The van der Waals surface area contributed by atoms with E-state index in [0.717, 1.165) is 37.7 Å². The zero-order chi connectivity index (χ0) is 13.1. The molecule has 19 heavy (non-hydrogen) atoms. The summed E-state index contributed by atoms with van der Waals surface area (Å²) in [7, 11) is 0. The Bertz CT molecular complexity index is 533. The fourth-order valence-electron chi connectivity index (χ4n) is 2.46. The lowest BCUT2D eigenvalue weighted by atomic mass is 10.2. The van der Waals surface area contributed by atoms with Gasteiger partial charge < -0.3 is 15.5 Å². The van der Waals surface area contributed by atoms with Crippen molar-refractivity contribution in [2.24, 2.45) is 0 Å². The second-order valence-electron chi connectivity index (χ2n) is 4.76. The van der Waals surface area contributed by atoms with Gasteiger partial charge in [0.05, 0.1) is 0 Å².